The third kappa shape index (κ3) is 3.73. The monoisotopic (exact) mass is 480 g/mol. The molecule has 1 aliphatic rings. The second kappa shape index (κ2) is 8.51. The molecule has 0 spiro atoms. The summed E-state index contributed by atoms with van der Waals surface area (Å²) in [5.41, 5.74) is 2.98. The number of fused-ring (bicyclic) bond motifs is 2. The van der Waals surface area contributed by atoms with Gasteiger partial charge in [-0.3, -0.25) is 14.2 Å². The van der Waals surface area contributed by atoms with Crippen molar-refractivity contribution < 1.29 is 4.79 Å². The van der Waals surface area contributed by atoms with Crippen LogP contribution in [0.1, 0.15) is 28.8 Å². The molecule has 5 rings (SSSR count). The van der Waals surface area contributed by atoms with Gasteiger partial charge < -0.3 is 5.32 Å². The van der Waals surface area contributed by atoms with E-state index < -0.39 is 0 Å². The number of nitrogens with one attached hydrogen (secondary N) is 1. The SMILES string of the molecule is N#Cc1c(NC(=O)Cn2cnc3scc(-c4ccc(Cl)cc4)c3c2=O)sc2c1CCCC2. The molecule has 3 aromatic heterocycles. The smallest absolute Gasteiger partial charge is 0.263 e. The molecule has 4 aromatic rings. The average Bonchev–Trinajstić information content (AvgIpc) is 3.37. The van der Waals surface area contributed by atoms with Crippen LogP contribution in [-0.2, 0) is 24.2 Å². The van der Waals surface area contributed by atoms with Gasteiger partial charge in [0.15, 0.2) is 0 Å². The highest BCUT2D eigenvalue weighted by molar-refractivity contribution is 7.17. The summed E-state index contributed by atoms with van der Waals surface area (Å²) in [7, 11) is 0. The third-order valence-corrected chi connectivity index (χ3v) is 7.91. The molecule has 0 atom stereocenters. The predicted molar refractivity (Wildman–Crippen MR) is 129 cm³/mol. The fourth-order valence-corrected chi connectivity index (χ4v) is 6.30. The molecule has 1 N–H and O–H groups in total. The number of nitriles is 1. The Morgan fingerprint density at radius 1 is 1.25 bits per heavy atom. The standard InChI is InChI=1S/C23H17ClN4O2S2/c24-14-7-5-13(6-8-14)17-11-31-22-20(17)23(30)28(12-26-22)10-19(29)27-21-16(9-25)15-3-1-2-4-18(15)32-21/h5-8,11-12H,1-4,10H2,(H,27,29). The summed E-state index contributed by atoms with van der Waals surface area (Å²) < 4.78 is 1.31. The maximum absolute atomic E-state index is 13.2. The maximum atomic E-state index is 13.2. The highest BCUT2D eigenvalue weighted by atomic mass is 35.5. The van der Waals surface area contributed by atoms with E-state index in [1.54, 1.807) is 12.1 Å². The number of nitrogens with zero attached hydrogens (tertiary/aromatic N) is 3. The van der Waals surface area contributed by atoms with E-state index in [4.69, 9.17) is 11.6 Å². The molecule has 0 aliphatic heterocycles. The fraction of sp³-hybridized carbons (Fsp3) is 0.217. The van der Waals surface area contributed by atoms with E-state index in [1.807, 2.05) is 17.5 Å². The first kappa shape index (κ1) is 20.9. The summed E-state index contributed by atoms with van der Waals surface area (Å²) in [5, 5.41) is 16.0. The van der Waals surface area contributed by atoms with Crippen molar-refractivity contribution in [2.24, 2.45) is 0 Å². The summed E-state index contributed by atoms with van der Waals surface area (Å²) in [5.74, 6) is -0.355. The van der Waals surface area contributed by atoms with Crippen molar-refractivity contribution in [3.63, 3.8) is 0 Å². The van der Waals surface area contributed by atoms with Crippen molar-refractivity contribution >= 4 is 55.4 Å². The van der Waals surface area contributed by atoms with Gasteiger partial charge >= 0.3 is 0 Å². The number of hydrogen-bond donors (Lipinski definition) is 1. The van der Waals surface area contributed by atoms with Crippen LogP contribution >= 0.6 is 34.3 Å². The molecule has 1 aromatic carbocycles. The highest BCUT2D eigenvalue weighted by Gasteiger charge is 2.22. The van der Waals surface area contributed by atoms with Gasteiger partial charge in [-0.25, -0.2) is 4.98 Å². The lowest BCUT2D eigenvalue weighted by Crippen LogP contribution is -2.27. The minimum absolute atomic E-state index is 0.175. The Morgan fingerprint density at radius 3 is 2.81 bits per heavy atom. The number of aryl methyl sites for hydroxylation is 1. The van der Waals surface area contributed by atoms with Gasteiger partial charge in [0, 0.05) is 20.8 Å². The van der Waals surface area contributed by atoms with E-state index in [2.05, 4.69) is 16.4 Å². The molecule has 9 heteroatoms. The third-order valence-electron chi connectivity index (χ3n) is 5.57. The molecule has 0 saturated carbocycles. The van der Waals surface area contributed by atoms with Crippen LogP contribution in [0.5, 0.6) is 0 Å². The summed E-state index contributed by atoms with van der Waals surface area (Å²) in [6.07, 6.45) is 5.37. The summed E-state index contributed by atoms with van der Waals surface area (Å²) >= 11 is 8.84. The van der Waals surface area contributed by atoms with Crippen LogP contribution in [0.4, 0.5) is 5.00 Å². The van der Waals surface area contributed by atoms with Crippen LogP contribution in [0.25, 0.3) is 21.3 Å². The van der Waals surface area contributed by atoms with E-state index in [0.717, 1.165) is 42.4 Å². The predicted octanol–water partition coefficient (Wildman–Crippen LogP) is 5.23. The number of thiophene rings is 2. The Bertz CT molecular complexity index is 1440. The van der Waals surface area contributed by atoms with Crippen LogP contribution in [-0.4, -0.2) is 15.5 Å². The van der Waals surface area contributed by atoms with Gasteiger partial charge in [-0.05, 0) is 48.9 Å². The van der Waals surface area contributed by atoms with Gasteiger partial charge in [0.2, 0.25) is 5.91 Å². The van der Waals surface area contributed by atoms with Crippen molar-refractivity contribution in [2.45, 2.75) is 32.2 Å². The highest BCUT2D eigenvalue weighted by Crippen LogP contribution is 2.37. The first-order chi connectivity index (χ1) is 15.5. The molecule has 1 aliphatic carbocycles. The molecule has 160 valence electrons. The number of benzene rings is 1. The van der Waals surface area contributed by atoms with E-state index in [9.17, 15) is 14.9 Å². The topological polar surface area (TPSA) is 87.8 Å². The largest absolute Gasteiger partial charge is 0.315 e. The van der Waals surface area contributed by atoms with Crippen molar-refractivity contribution in [1.82, 2.24) is 9.55 Å². The number of amides is 1. The number of carbonyl (C=O) groups is 1. The molecule has 3 heterocycles. The van der Waals surface area contributed by atoms with Crippen molar-refractivity contribution in [2.75, 3.05) is 5.32 Å². The second-order valence-corrected chi connectivity index (χ2v) is 9.99. The summed E-state index contributed by atoms with van der Waals surface area (Å²) in [6.45, 7) is -0.175. The number of rotatable bonds is 4. The molecular formula is C23H17ClN4O2S2. The lowest BCUT2D eigenvalue weighted by Gasteiger charge is -2.09. The van der Waals surface area contributed by atoms with Crippen LogP contribution in [0.3, 0.4) is 0 Å². The van der Waals surface area contributed by atoms with Gasteiger partial charge in [0.05, 0.1) is 17.3 Å². The molecule has 1 amide bonds. The van der Waals surface area contributed by atoms with Crippen molar-refractivity contribution in [3.8, 4) is 17.2 Å². The molecule has 0 fully saturated rings. The Kier molecular flexibility index (Phi) is 5.55. The van der Waals surface area contributed by atoms with Crippen molar-refractivity contribution in [3.05, 3.63) is 67.4 Å². The summed E-state index contributed by atoms with van der Waals surface area (Å²) in [6, 6.07) is 9.50. The molecular weight excluding hydrogens is 464 g/mol. The number of aromatic nitrogens is 2. The maximum Gasteiger partial charge on any atom is 0.263 e. The van der Waals surface area contributed by atoms with Crippen LogP contribution in [0.2, 0.25) is 5.02 Å². The average molecular weight is 481 g/mol. The minimum atomic E-state index is -0.355. The normalized spacial score (nSPS) is 13.0. The first-order valence-electron chi connectivity index (χ1n) is 10.1. The number of carbonyl (C=O) groups excluding carboxylic acids is 1. The Morgan fingerprint density at radius 2 is 2.03 bits per heavy atom. The second-order valence-electron chi connectivity index (χ2n) is 7.59. The summed E-state index contributed by atoms with van der Waals surface area (Å²) in [4.78, 5) is 32.1. The van der Waals surface area contributed by atoms with E-state index >= 15 is 0 Å². The van der Waals surface area contributed by atoms with Crippen LogP contribution in [0, 0.1) is 11.3 Å². The van der Waals surface area contributed by atoms with Crippen LogP contribution in [0.15, 0.2) is 40.8 Å². The lowest BCUT2D eigenvalue weighted by atomic mass is 9.96. The van der Waals surface area contributed by atoms with Gasteiger partial charge in [-0.15, -0.1) is 22.7 Å². The Labute approximate surface area is 196 Å². The number of anilines is 1. The van der Waals surface area contributed by atoms with Crippen molar-refractivity contribution in [1.29, 1.82) is 5.26 Å². The van der Waals surface area contributed by atoms with Gasteiger partial charge in [0.25, 0.3) is 5.56 Å². The van der Waals surface area contributed by atoms with Gasteiger partial charge in [-0.2, -0.15) is 5.26 Å². The van der Waals surface area contributed by atoms with E-state index in [1.165, 1.54) is 38.4 Å². The van der Waals surface area contributed by atoms with Gasteiger partial charge in [0.1, 0.15) is 22.4 Å². The molecule has 0 radical (unpaired) electrons. The Balaban J connectivity index is 1.44. The van der Waals surface area contributed by atoms with Crippen LogP contribution < -0.4 is 10.9 Å². The number of hydrogen-bond acceptors (Lipinski definition) is 6. The zero-order valence-corrected chi connectivity index (χ0v) is 19.2. The zero-order valence-electron chi connectivity index (χ0n) is 16.9. The molecule has 32 heavy (non-hydrogen) atoms. The van der Waals surface area contributed by atoms with E-state index in [0.29, 0.717) is 25.8 Å². The number of halogens is 1. The Hall–Kier alpha value is -2.99. The zero-order chi connectivity index (χ0) is 22.2. The lowest BCUT2D eigenvalue weighted by molar-refractivity contribution is -0.116. The molecule has 6 nitrogen and oxygen atoms in total. The quantitative estimate of drug-likeness (QED) is 0.433. The molecule has 0 saturated heterocycles. The first-order valence-corrected chi connectivity index (χ1v) is 12.2. The molecule has 0 bridgehead atoms. The fourth-order valence-electron chi connectivity index (χ4n) is 4.02. The molecule has 0 unspecified atom stereocenters. The van der Waals surface area contributed by atoms with Gasteiger partial charge in [-0.1, -0.05) is 23.7 Å². The minimum Gasteiger partial charge on any atom is -0.315 e. The van der Waals surface area contributed by atoms with E-state index in [-0.39, 0.29) is 18.0 Å².